The van der Waals surface area contributed by atoms with Crippen LogP contribution in [0.1, 0.15) is 5.56 Å². The molecule has 0 unspecified atom stereocenters. The van der Waals surface area contributed by atoms with Crippen molar-refractivity contribution in [2.45, 2.75) is 0 Å². The van der Waals surface area contributed by atoms with Crippen LogP contribution in [-0.4, -0.2) is 39.2 Å². The van der Waals surface area contributed by atoms with Gasteiger partial charge in [0.15, 0.2) is 12.4 Å². The molecule has 1 N–H and O–H groups in total. The predicted octanol–water partition coefficient (Wildman–Crippen LogP) is 3.55. The molecule has 0 atom stereocenters. The summed E-state index contributed by atoms with van der Waals surface area (Å²) in [6.45, 7) is -0.205. The van der Waals surface area contributed by atoms with Crippen molar-refractivity contribution in [2.24, 2.45) is 0 Å². The van der Waals surface area contributed by atoms with Gasteiger partial charge < -0.3 is 14.8 Å². The molecule has 0 aliphatic carbocycles. The van der Waals surface area contributed by atoms with Gasteiger partial charge in [-0.3, -0.25) is 14.6 Å². The average molecular weight is 564 g/mol. The fraction of sp³-hybridized carbons (Fsp3) is 0.0800. The number of hydrogen-bond donors (Lipinski definition) is 1. The zero-order valence-electron chi connectivity index (χ0n) is 18.8. The molecule has 36 heavy (non-hydrogen) atoms. The van der Waals surface area contributed by atoms with Crippen LogP contribution >= 0.6 is 27.3 Å². The molecule has 0 spiro atoms. The fourth-order valence-electron chi connectivity index (χ4n) is 3.38. The number of benzene rings is 2. The van der Waals surface area contributed by atoms with Gasteiger partial charge in [-0.1, -0.05) is 27.3 Å². The number of ether oxygens (including phenoxy) is 2. The van der Waals surface area contributed by atoms with Crippen molar-refractivity contribution < 1.29 is 14.3 Å². The Kier molecular flexibility index (Phi) is 6.74. The van der Waals surface area contributed by atoms with Gasteiger partial charge in [-0.05, 0) is 60.7 Å². The van der Waals surface area contributed by atoms with E-state index in [0.29, 0.717) is 38.1 Å². The Morgan fingerprint density at radius 1 is 1.14 bits per heavy atom. The number of aromatic nitrogens is 4. The number of hydrogen-bond acceptors (Lipinski definition) is 8. The summed E-state index contributed by atoms with van der Waals surface area (Å²) in [4.78, 5) is 34.3. The number of fused-ring (bicyclic) bond motifs is 1. The first kappa shape index (κ1) is 23.6. The Morgan fingerprint density at radius 2 is 1.92 bits per heavy atom. The van der Waals surface area contributed by atoms with E-state index in [1.54, 1.807) is 74.1 Å². The van der Waals surface area contributed by atoms with Crippen LogP contribution in [0, 0.1) is 0 Å². The van der Waals surface area contributed by atoms with E-state index < -0.39 is 0 Å². The molecular weight excluding hydrogens is 546 g/mol. The maximum Gasteiger partial charge on any atom is 0.291 e. The van der Waals surface area contributed by atoms with Crippen molar-refractivity contribution in [2.75, 3.05) is 19.0 Å². The number of anilines is 1. The average Bonchev–Trinajstić information content (AvgIpc) is 3.44. The molecule has 0 fully saturated rings. The lowest BCUT2D eigenvalue weighted by Crippen LogP contribution is -2.24. The Bertz CT molecular complexity index is 1650. The second-order valence-electron chi connectivity index (χ2n) is 7.53. The normalized spacial score (nSPS) is 11.6. The number of amides is 1. The van der Waals surface area contributed by atoms with Gasteiger partial charge in [0.2, 0.25) is 4.96 Å². The minimum Gasteiger partial charge on any atom is -0.497 e. The molecule has 3 heterocycles. The minimum atomic E-state index is -0.319. The molecular formula is C25H18BrN5O4S. The SMILES string of the molecule is COc1ccc(NC(=O)COc2ccc(Br)cc2/C=c2\sc3nc(-c4ccncc4)nn3c2=O)cc1. The maximum atomic E-state index is 13.0. The number of carbonyl (C=O) groups excluding carboxylic acids is 1. The van der Waals surface area contributed by atoms with Crippen LogP contribution in [0.5, 0.6) is 11.5 Å². The van der Waals surface area contributed by atoms with Crippen molar-refractivity contribution in [1.82, 2.24) is 19.6 Å². The standard InChI is InChI=1S/C25H18BrN5O4S/c1-34-19-5-3-18(4-6-19)28-22(32)14-35-20-7-2-17(26)12-16(20)13-21-24(33)31-25(36-21)29-23(30-31)15-8-10-27-11-9-15/h2-13H,14H2,1H3,(H,28,32)/b21-13-. The highest BCUT2D eigenvalue weighted by Gasteiger charge is 2.13. The van der Waals surface area contributed by atoms with E-state index >= 15 is 0 Å². The van der Waals surface area contributed by atoms with Gasteiger partial charge in [-0.25, -0.2) is 0 Å². The van der Waals surface area contributed by atoms with E-state index in [4.69, 9.17) is 9.47 Å². The number of nitrogens with one attached hydrogen (secondary N) is 1. The first-order valence-corrected chi connectivity index (χ1v) is 12.3. The molecule has 180 valence electrons. The quantitative estimate of drug-likeness (QED) is 0.322. The molecule has 0 saturated heterocycles. The Balaban J connectivity index is 1.37. The molecule has 11 heteroatoms. The van der Waals surface area contributed by atoms with E-state index in [0.717, 1.165) is 10.0 Å². The molecule has 5 aromatic rings. The van der Waals surface area contributed by atoms with E-state index in [1.165, 1.54) is 15.9 Å². The lowest BCUT2D eigenvalue weighted by molar-refractivity contribution is -0.118. The number of thiazole rings is 1. The topological polar surface area (TPSA) is 108 Å². The third-order valence-corrected chi connectivity index (χ3v) is 6.56. The van der Waals surface area contributed by atoms with Gasteiger partial charge in [-0.2, -0.15) is 9.50 Å². The highest BCUT2D eigenvalue weighted by atomic mass is 79.9. The van der Waals surface area contributed by atoms with Crippen LogP contribution in [-0.2, 0) is 4.79 Å². The number of carbonyl (C=O) groups is 1. The molecule has 9 nitrogen and oxygen atoms in total. The van der Waals surface area contributed by atoms with Gasteiger partial charge >= 0.3 is 0 Å². The summed E-state index contributed by atoms with van der Waals surface area (Å²) in [5, 5.41) is 7.12. The third kappa shape index (κ3) is 5.11. The Hall–Kier alpha value is -4.09. The molecule has 2 aromatic carbocycles. The summed E-state index contributed by atoms with van der Waals surface area (Å²) >= 11 is 4.68. The molecule has 0 aliphatic rings. The summed E-state index contributed by atoms with van der Waals surface area (Å²) in [7, 11) is 1.58. The minimum absolute atomic E-state index is 0.205. The van der Waals surface area contributed by atoms with Crippen molar-refractivity contribution in [3.63, 3.8) is 0 Å². The summed E-state index contributed by atoms with van der Waals surface area (Å²) in [6.07, 6.45) is 5.00. The van der Waals surface area contributed by atoms with Gasteiger partial charge in [0.05, 0.1) is 11.6 Å². The second-order valence-corrected chi connectivity index (χ2v) is 9.45. The van der Waals surface area contributed by atoms with Gasteiger partial charge in [-0.15, -0.1) is 5.10 Å². The first-order chi connectivity index (χ1) is 17.5. The molecule has 1 amide bonds. The summed E-state index contributed by atoms with van der Waals surface area (Å²) in [5.74, 6) is 1.29. The van der Waals surface area contributed by atoms with Crippen LogP contribution in [0.25, 0.3) is 22.4 Å². The van der Waals surface area contributed by atoms with Crippen molar-refractivity contribution in [3.8, 4) is 22.9 Å². The van der Waals surface area contributed by atoms with Gasteiger partial charge in [0.1, 0.15) is 11.5 Å². The molecule has 0 bridgehead atoms. The molecule has 0 aliphatic heterocycles. The molecule has 0 radical (unpaired) electrons. The lowest BCUT2D eigenvalue weighted by atomic mass is 10.2. The number of rotatable bonds is 7. The maximum absolute atomic E-state index is 13.0. The zero-order valence-corrected chi connectivity index (χ0v) is 21.2. The largest absolute Gasteiger partial charge is 0.497 e. The van der Waals surface area contributed by atoms with Crippen molar-refractivity contribution in [1.29, 1.82) is 0 Å². The highest BCUT2D eigenvalue weighted by molar-refractivity contribution is 9.10. The predicted molar refractivity (Wildman–Crippen MR) is 140 cm³/mol. The number of nitrogens with zero attached hydrogens (tertiary/aromatic N) is 4. The van der Waals surface area contributed by atoms with Crippen molar-refractivity contribution in [3.05, 3.63) is 91.9 Å². The summed E-state index contributed by atoms with van der Waals surface area (Å²) in [5.41, 5.74) is 1.76. The Morgan fingerprint density at radius 3 is 2.64 bits per heavy atom. The highest BCUT2D eigenvalue weighted by Crippen LogP contribution is 2.24. The third-order valence-electron chi connectivity index (χ3n) is 5.11. The van der Waals surface area contributed by atoms with Gasteiger partial charge in [0.25, 0.3) is 11.5 Å². The fourth-order valence-corrected chi connectivity index (χ4v) is 4.65. The summed E-state index contributed by atoms with van der Waals surface area (Å²) in [6, 6.07) is 15.9. The van der Waals surface area contributed by atoms with E-state index in [9.17, 15) is 9.59 Å². The lowest BCUT2D eigenvalue weighted by Gasteiger charge is -2.10. The van der Waals surface area contributed by atoms with Crippen LogP contribution in [0.4, 0.5) is 5.69 Å². The number of halogens is 1. The molecule has 0 saturated carbocycles. The summed E-state index contributed by atoms with van der Waals surface area (Å²) < 4.78 is 13.4. The van der Waals surface area contributed by atoms with Crippen LogP contribution in [0.2, 0.25) is 0 Å². The number of pyridine rings is 1. The zero-order chi connectivity index (χ0) is 25.1. The molecule has 5 rings (SSSR count). The number of methoxy groups -OCH3 is 1. The Labute approximate surface area is 217 Å². The van der Waals surface area contributed by atoms with Crippen LogP contribution < -0.4 is 24.9 Å². The van der Waals surface area contributed by atoms with E-state index in [1.807, 2.05) is 6.07 Å². The monoisotopic (exact) mass is 563 g/mol. The van der Waals surface area contributed by atoms with Crippen LogP contribution in [0.3, 0.4) is 0 Å². The molecule has 3 aromatic heterocycles. The van der Waals surface area contributed by atoms with Crippen LogP contribution in [0.15, 0.2) is 76.3 Å². The smallest absolute Gasteiger partial charge is 0.291 e. The first-order valence-electron chi connectivity index (χ1n) is 10.7. The van der Waals surface area contributed by atoms with Crippen molar-refractivity contribution >= 4 is 49.9 Å². The van der Waals surface area contributed by atoms with E-state index in [2.05, 4.69) is 36.3 Å². The second kappa shape index (κ2) is 10.3. The van der Waals surface area contributed by atoms with Gasteiger partial charge in [0, 0.05) is 33.7 Å². The van der Waals surface area contributed by atoms with E-state index in [-0.39, 0.29) is 18.1 Å².